The Balaban J connectivity index is 1.52. The average Bonchev–Trinajstić information content (AvgIpc) is 3.22. The highest BCUT2D eigenvalue weighted by Crippen LogP contribution is 2.31. The van der Waals surface area contributed by atoms with Crippen LogP contribution in [0.4, 0.5) is 13.6 Å². The van der Waals surface area contributed by atoms with Crippen LogP contribution in [-0.2, 0) is 16.9 Å². The minimum atomic E-state index is -2.97. The molecule has 9 heteroatoms. The van der Waals surface area contributed by atoms with Crippen molar-refractivity contribution in [1.29, 1.82) is 0 Å². The zero-order valence-corrected chi connectivity index (χ0v) is 19.5. The van der Waals surface area contributed by atoms with E-state index in [1.165, 1.54) is 31.2 Å². The molecule has 1 fully saturated rings. The Morgan fingerprint density at radius 1 is 1.06 bits per heavy atom. The molecule has 2 heterocycles. The van der Waals surface area contributed by atoms with Crippen molar-refractivity contribution in [2.24, 2.45) is 0 Å². The van der Waals surface area contributed by atoms with Gasteiger partial charge in [0.15, 0.2) is 5.78 Å². The van der Waals surface area contributed by atoms with E-state index >= 15 is 0 Å². The van der Waals surface area contributed by atoms with Crippen LogP contribution >= 0.6 is 0 Å². The molecule has 1 saturated heterocycles. The minimum absolute atomic E-state index is 0.0676. The summed E-state index contributed by atoms with van der Waals surface area (Å²) < 4.78 is 31.2. The summed E-state index contributed by atoms with van der Waals surface area (Å²) in [7, 11) is 0. The first kappa shape index (κ1) is 24.1. The lowest BCUT2D eigenvalue weighted by atomic mass is 9.92. The number of aryl methyl sites for hydroxylation is 1. The fourth-order valence-corrected chi connectivity index (χ4v) is 4.33. The third-order valence-electron chi connectivity index (χ3n) is 6.29. The molecule has 1 aliphatic rings. The number of benzene rings is 2. The Labute approximate surface area is 201 Å². The maximum atomic E-state index is 13.2. The highest BCUT2D eigenvalue weighted by Gasteiger charge is 2.49. The number of nitrogens with zero attached hydrogens (tertiary/aromatic N) is 2. The zero-order valence-electron chi connectivity index (χ0n) is 19.5. The Morgan fingerprint density at radius 2 is 1.71 bits per heavy atom. The van der Waals surface area contributed by atoms with E-state index in [4.69, 9.17) is 0 Å². The van der Waals surface area contributed by atoms with Crippen molar-refractivity contribution in [1.82, 2.24) is 14.8 Å². The van der Waals surface area contributed by atoms with Crippen LogP contribution in [0, 0.1) is 13.8 Å². The predicted molar refractivity (Wildman–Crippen MR) is 124 cm³/mol. The molecule has 1 atom stereocenters. The number of rotatable bonds is 8. The summed E-state index contributed by atoms with van der Waals surface area (Å²) in [5, 5.41) is 2.62. The van der Waals surface area contributed by atoms with E-state index in [1.807, 2.05) is 48.7 Å². The Bertz CT molecular complexity index is 1270. The summed E-state index contributed by atoms with van der Waals surface area (Å²) in [6, 6.07) is 16.3. The van der Waals surface area contributed by atoms with E-state index in [0.29, 0.717) is 17.7 Å². The van der Waals surface area contributed by atoms with Crippen LogP contribution in [0.3, 0.4) is 0 Å². The molecule has 182 valence electrons. The van der Waals surface area contributed by atoms with Crippen molar-refractivity contribution in [2.75, 3.05) is 6.54 Å². The molecule has 0 radical (unpaired) electrons. The van der Waals surface area contributed by atoms with Crippen LogP contribution < -0.4 is 10.1 Å². The molecule has 3 aromatic rings. The molecule has 4 rings (SSSR count). The van der Waals surface area contributed by atoms with E-state index in [1.54, 1.807) is 6.07 Å². The number of alkyl halides is 2. The van der Waals surface area contributed by atoms with Crippen LogP contribution in [0.1, 0.15) is 39.8 Å². The third-order valence-corrected chi connectivity index (χ3v) is 6.29. The number of hydrogen-bond acceptors (Lipinski definition) is 4. The second-order valence-corrected chi connectivity index (χ2v) is 8.63. The number of urea groups is 1. The van der Waals surface area contributed by atoms with Gasteiger partial charge in [-0.3, -0.25) is 14.5 Å². The van der Waals surface area contributed by atoms with Gasteiger partial charge in [0.1, 0.15) is 11.3 Å². The van der Waals surface area contributed by atoms with Crippen molar-refractivity contribution < 1.29 is 27.9 Å². The van der Waals surface area contributed by atoms with Gasteiger partial charge in [-0.15, -0.1) is 0 Å². The molecule has 1 aliphatic heterocycles. The lowest BCUT2D eigenvalue weighted by Gasteiger charge is -2.22. The quantitative estimate of drug-likeness (QED) is 0.382. The maximum absolute atomic E-state index is 13.2. The van der Waals surface area contributed by atoms with Gasteiger partial charge in [0.25, 0.3) is 5.91 Å². The van der Waals surface area contributed by atoms with Crippen LogP contribution in [0.5, 0.6) is 5.75 Å². The number of carbonyl (C=O) groups is 3. The zero-order chi connectivity index (χ0) is 25.3. The van der Waals surface area contributed by atoms with Gasteiger partial charge >= 0.3 is 12.6 Å². The van der Waals surface area contributed by atoms with Gasteiger partial charge in [-0.25, -0.2) is 4.79 Å². The highest BCUT2D eigenvalue weighted by atomic mass is 19.3. The summed E-state index contributed by atoms with van der Waals surface area (Å²) in [6.07, 6.45) is 0. The average molecular weight is 481 g/mol. The van der Waals surface area contributed by atoms with Crippen molar-refractivity contribution in [3.63, 3.8) is 0 Å². The second kappa shape index (κ2) is 9.32. The number of nitrogens with one attached hydrogen (secondary N) is 1. The molecular weight excluding hydrogens is 456 g/mol. The molecule has 3 amide bonds. The van der Waals surface area contributed by atoms with Gasteiger partial charge in [-0.05, 0) is 50.1 Å². The lowest BCUT2D eigenvalue weighted by molar-refractivity contribution is -0.130. The number of halogens is 2. The standard InChI is InChI=1S/C26H25F2N3O4/c1-16-13-21(17(2)30(16)14-18-7-5-4-6-8-18)22(32)15-31-23(33)26(3,29-25(31)34)19-9-11-20(12-10-19)35-24(27)28/h4-13,24H,14-15H2,1-3H3,(H,29,34). The van der Waals surface area contributed by atoms with E-state index in [0.717, 1.165) is 21.9 Å². The minimum Gasteiger partial charge on any atom is -0.435 e. The first-order valence-electron chi connectivity index (χ1n) is 11.0. The molecule has 1 unspecified atom stereocenters. The van der Waals surface area contributed by atoms with Crippen molar-refractivity contribution in [3.05, 3.63) is 88.7 Å². The van der Waals surface area contributed by atoms with E-state index in [2.05, 4.69) is 10.1 Å². The first-order valence-corrected chi connectivity index (χ1v) is 11.0. The Kier molecular flexibility index (Phi) is 6.43. The van der Waals surface area contributed by atoms with Gasteiger partial charge < -0.3 is 14.6 Å². The summed E-state index contributed by atoms with van der Waals surface area (Å²) in [5.74, 6) is -1.02. The number of imide groups is 1. The van der Waals surface area contributed by atoms with E-state index < -0.39 is 30.6 Å². The summed E-state index contributed by atoms with van der Waals surface area (Å²) in [6.45, 7) is 2.45. The largest absolute Gasteiger partial charge is 0.435 e. The number of ether oxygens (including phenoxy) is 1. The molecule has 0 saturated carbocycles. The van der Waals surface area contributed by atoms with Crippen molar-refractivity contribution in [2.45, 2.75) is 39.5 Å². The topological polar surface area (TPSA) is 80.6 Å². The fraction of sp³-hybridized carbons (Fsp3) is 0.269. The van der Waals surface area contributed by atoms with E-state index in [-0.39, 0.29) is 11.5 Å². The van der Waals surface area contributed by atoms with Gasteiger partial charge in [0.05, 0.1) is 6.54 Å². The number of ketones is 1. The second-order valence-electron chi connectivity index (χ2n) is 8.63. The molecule has 1 aromatic heterocycles. The first-order chi connectivity index (χ1) is 16.6. The van der Waals surface area contributed by atoms with Gasteiger partial charge in [0, 0.05) is 23.5 Å². The molecule has 0 bridgehead atoms. The maximum Gasteiger partial charge on any atom is 0.387 e. The molecule has 7 nitrogen and oxygen atoms in total. The number of carbonyl (C=O) groups excluding carboxylic acids is 3. The van der Waals surface area contributed by atoms with Crippen LogP contribution in [0.25, 0.3) is 0 Å². The molecule has 0 aliphatic carbocycles. The van der Waals surface area contributed by atoms with Gasteiger partial charge in [0.2, 0.25) is 0 Å². The number of amides is 3. The van der Waals surface area contributed by atoms with E-state index in [9.17, 15) is 23.2 Å². The third kappa shape index (κ3) is 4.66. The predicted octanol–water partition coefficient (Wildman–Crippen LogP) is 4.40. The van der Waals surface area contributed by atoms with Gasteiger partial charge in [-0.2, -0.15) is 8.78 Å². The normalized spacial score (nSPS) is 17.7. The Morgan fingerprint density at radius 3 is 2.34 bits per heavy atom. The molecule has 2 aromatic carbocycles. The number of aromatic nitrogens is 1. The monoisotopic (exact) mass is 481 g/mol. The summed E-state index contributed by atoms with van der Waals surface area (Å²) >= 11 is 0. The Hall–Kier alpha value is -4.01. The molecule has 0 spiro atoms. The SMILES string of the molecule is Cc1cc(C(=O)CN2C(=O)NC(C)(c3ccc(OC(F)F)cc3)C2=O)c(C)n1Cc1ccccc1. The summed E-state index contributed by atoms with van der Waals surface area (Å²) in [5.41, 5.74) is 2.12. The number of Topliss-reactive ketones (excluding diaryl/α,β-unsaturated/α-hetero) is 1. The number of hydrogen-bond donors (Lipinski definition) is 1. The fourth-order valence-electron chi connectivity index (χ4n) is 4.33. The molecular formula is C26H25F2N3O4. The van der Waals surface area contributed by atoms with Crippen molar-refractivity contribution >= 4 is 17.7 Å². The van der Waals surface area contributed by atoms with Crippen molar-refractivity contribution in [3.8, 4) is 5.75 Å². The lowest BCUT2D eigenvalue weighted by Crippen LogP contribution is -2.41. The van der Waals surface area contributed by atoms with Gasteiger partial charge in [-0.1, -0.05) is 42.5 Å². The van der Waals surface area contributed by atoms with Crippen LogP contribution in [0.15, 0.2) is 60.7 Å². The summed E-state index contributed by atoms with van der Waals surface area (Å²) in [4.78, 5) is 39.9. The highest BCUT2D eigenvalue weighted by molar-refractivity contribution is 6.11. The smallest absolute Gasteiger partial charge is 0.387 e. The van der Waals surface area contributed by atoms with Crippen LogP contribution in [0.2, 0.25) is 0 Å². The molecule has 1 N–H and O–H groups in total. The van der Waals surface area contributed by atoms with Crippen LogP contribution in [-0.4, -0.2) is 40.3 Å². The molecule has 35 heavy (non-hydrogen) atoms.